The summed E-state index contributed by atoms with van der Waals surface area (Å²) in [4.78, 5) is 24.6. The van der Waals surface area contributed by atoms with Crippen LogP contribution < -0.4 is 5.32 Å². The monoisotopic (exact) mass is 429 g/mol. The van der Waals surface area contributed by atoms with Crippen molar-refractivity contribution in [2.75, 3.05) is 13.2 Å². The molecule has 0 bridgehead atoms. The van der Waals surface area contributed by atoms with Gasteiger partial charge in [-0.3, -0.25) is 9.48 Å². The van der Waals surface area contributed by atoms with E-state index in [2.05, 4.69) is 16.5 Å². The van der Waals surface area contributed by atoms with Gasteiger partial charge in [-0.05, 0) is 57.6 Å². The van der Waals surface area contributed by atoms with Crippen LogP contribution in [0.2, 0.25) is 5.02 Å². The largest absolute Gasteiger partial charge is 0.452 e. The van der Waals surface area contributed by atoms with Crippen molar-refractivity contribution in [3.8, 4) is 0 Å². The van der Waals surface area contributed by atoms with Crippen LogP contribution in [0.1, 0.15) is 59.4 Å². The number of rotatable bonds is 8. The Morgan fingerprint density at radius 3 is 2.77 bits per heavy atom. The molecule has 2 aromatic rings. The van der Waals surface area contributed by atoms with Crippen LogP contribution in [0.25, 0.3) is 0 Å². The van der Waals surface area contributed by atoms with E-state index in [-0.39, 0.29) is 12.5 Å². The molecule has 0 atom stereocenters. The summed E-state index contributed by atoms with van der Waals surface area (Å²) in [6.07, 6.45) is 7.83. The molecule has 6 nitrogen and oxygen atoms in total. The zero-order chi connectivity index (χ0) is 21.5. The molecule has 1 amide bonds. The van der Waals surface area contributed by atoms with Crippen molar-refractivity contribution in [3.05, 3.63) is 63.5 Å². The van der Waals surface area contributed by atoms with E-state index in [0.29, 0.717) is 35.1 Å². The number of nitrogens with one attached hydrogen (secondary N) is 1. The van der Waals surface area contributed by atoms with Gasteiger partial charge in [0, 0.05) is 11.6 Å². The Kier molecular flexibility index (Phi) is 7.69. The molecule has 0 aliphatic heterocycles. The minimum atomic E-state index is -0.541. The normalized spacial score (nSPS) is 13.6. The number of ether oxygens (including phenoxy) is 1. The topological polar surface area (TPSA) is 73.2 Å². The van der Waals surface area contributed by atoms with Gasteiger partial charge in [0.2, 0.25) is 0 Å². The van der Waals surface area contributed by atoms with E-state index in [9.17, 15) is 9.59 Å². The van der Waals surface area contributed by atoms with E-state index in [0.717, 1.165) is 24.8 Å². The molecule has 1 aliphatic rings. The van der Waals surface area contributed by atoms with E-state index in [1.54, 1.807) is 11.6 Å². The molecule has 0 fully saturated rings. The van der Waals surface area contributed by atoms with Crippen molar-refractivity contribution in [3.63, 3.8) is 0 Å². The smallest absolute Gasteiger partial charge is 0.342 e. The number of amides is 1. The van der Waals surface area contributed by atoms with Crippen LogP contribution in [0.15, 0.2) is 35.9 Å². The van der Waals surface area contributed by atoms with Gasteiger partial charge in [-0.25, -0.2) is 4.79 Å². The van der Waals surface area contributed by atoms with Crippen molar-refractivity contribution >= 4 is 23.5 Å². The number of carbonyl (C=O) groups excluding carboxylic acids is 2. The number of nitrogens with zero attached hydrogens (tertiary/aromatic N) is 2. The summed E-state index contributed by atoms with van der Waals surface area (Å²) in [6, 6.07) is 7.52. The van der Waals surface area contributed by atoms with Crippen molar-refractivity contribution in [2.45, 2.75) is 52.5 Å². The molecule has 0 saturated heterocycles. The van der Waals surface area contributed by atoms with Crippen LogP contribution in [0.5, 0.6) is 0 Å². The number of aromatic nitrogens is 2. The Labute approximate surface area is 182 Å². The molecule has 0 saturated carbocycles. The second-order valence-corrected chi connectivity index (χ2v) is 7.99. The van der Waals surface area contributed by atoms with E-state index >= 15 is 0 Å². The molecule has 1 aromatic heterocycles. The third-order valence-corrected chi connectivity index (χ3v) is 5.72. The standard InChI is InChI=1S/C23H28ClN3O3/c1-16-22(17(2)27(26-16)14-19-10-6-7-11-20(19)24)23(29)30-15-21(28)25-13-12-18-8-4-3-5-9-18/h6-8,10-11H,3-5,9,12-15H2,1-2H3,(H,25,28). The lowest BCUT2D eigenvalue weighted by atomic mass is 9.97. The fraction of sp³-hybridized carbons (Fsp3) is 0.435. The second-order valence-electron chi connectivity index (χ2n) is 7.58. The number of carbonyl (C=O) groups is 2. The van der Waals surface area contributed by atoms with Crippen molar-refractivity contribution in [2.24, 2.45) is 0 Å². The number of halogens is 1. The van der Waals surface area contributed by atoms with E-state index < -0.39 is 5.97 Å². The van der Waals surface area contributed by atoms with Gasteiger partial charge in [0.25, 0.3) is 5.91 Å². The maximum atomic E-state index is 12.6. The number of benzene rings is 1. The third kappa shape index (κ3) is 5.72. The molecule has 0 radical (unpaired) electrons. The Bertz CT molecular complexity index is 949. The summed E-state index contributed by atoms with van der Waals surface area (Å²) in [5.74, 6) is -0.834. The highest BCUT2D eigenvalue weighted by Gasteiger charge is 2.21. The lowest BCUT2D eigenvalue weighted by molar-refractivity contribution is -0.124. The zero-order valence-electron chi connectivity index (χ0n) is 17.5. The number of aryl methyl sites for hydroxylation is 1. The minimum absolute atomic E-state index is 0.293. The Hall–Kier alpha value is -2.60. The molecule has 1 aliphatic carbocycles. The Morgan fingerprint density at radius 1 is 1.23 bits per heavy atom. The molecule has 1 heterocycles. The maximum Gasteiger partial charge on any atom is 0.342 e. The number of hydrogen-bond donors (Lipinski definition) is 1. The number of hydrogen-bond acceptors (Lipinski definition) is 4. The van der Waals surface area contributed by atoms with Gasteiger partial charge in [-0.2, -0.15) is 5.10 Å². The van der Waals surface area contributed by atoms with Crippen LogP contribution in [-0.4, -0.2) is 34.8 Å². The molecule has 3 rings (SSSR count). The van der Waals surface area contributed by atoms with Gasteiger partial charge in [0.1, 0.15) is 5.56 Å². The van der Waals surface area contributed by atoms with Crippen molar-refractivity contribution in [1.29, 1.82) is 0 Å². The predicted molar refractivity (Wildman–Crippen MR) is 117 cm³/mol. The fourth-order valence-corrected chi connectivity index (χ4v) is 3.88. The summed E-state index contributed by atoms with van der Waals surface area (Å²) in [5.41, 5.74) is 3.95. The quantitative estimate of drug-likeness (QED) is 0.499. The Morgan fingerprint density at radius 2 is 2.03 bits per heavy atom. The highest BCUT2D eigenvalue weighted by atomic mass is 35.5. The molecule has 30 heavy (non-hydrogen) atoms. The van der Waals surface area contributed by atoms with Crippen LogP contribution in [0.3, 0.4) is 0 Å². The predicted octanol–water partition coefficient (Wildman–Crippen LogP) is 4.37. The fourth-order valence-electron chi connectivity index (χ4n) is 3.68. The van der Waals surface area contributed by atoms with Crippen molar-refractivity contribution in [1.82, 2.24) is 15.1 Å². The summed E-state index contributed by atoms with van der Waals surface area (Å²) >= 11 is 6.23. The van der Waals surface area contributed by atoms with Gasteiger partial charge in [-0.1, -0.05) is 41.4 Å². The highest BCUT2D eigenvalue weighted by molar-refractivity contribution is 6.31. The highest BCUT2D eigenvalue weighted by Crippen LogP contribution is 2.21. The number of esters is 1. The molecule has 0 spiro atoms. The zero-order valence-corrected chi connectivity index (χ0v) is 18.3. The van der Waals surface area contributed by atoms with Gasteiger partial charge < -0.3 is 10.1 Å². The molecular formula is C23H28ClN3O3. The first-order valence-electron chi connectivity index (χ1n) is 10.3. The van der Waals surface area contributed by atoms with E-state index in [1.165, 1.54) is 18.4 Å². The first-order chi connectivity index (χ1) is 14.5. The van der Waals surface area contributed by atoms with Crippen LogP contribution in [0, 0.1) is 13.8 Å². The van der Waals surface area contributed by atoms with E-state index in [1.807, 2.05) is 31.2 Å². The summed E-state index contributed by atoms with van der Waals surface area (Å²) in [5, 5.41) is 7.91. The SMILES string of the molecule is Cc1nn(Cc2ccccc2Cl)c(C)c1C(=O)OCC(=O)NCCC1=CCCCC1. The average molecular weight is 430 g/mol. The molecule has 0 unspecified atom stereocenters. The van der Waals surface area contributed by atoms with E-state index in [4.69, 9.17) is 16.3 Å². The van der Waals surface area contributed by atoms with Gasteiger partial charge in [0.15, 0.2) is 6.61 Å². The van der Waals surface area contributed by atoms with Gasteiger partial charge >= 0.3 is 5.97 Å². The molecule has 7 heteroatoms. The van der Waals surface area contributed by atoms with Crippen molar-refractivity contribution < 1.29 is 14.3 Å². The lowest BCUT2D eigenvalue weighted by Gasteiger charge is -2.13. The molecule has 160 valence electrons. The van der Waals surface area contributed by atoms with Gasteiger partial charge in [0.05, 0.1) is 17.9 Å². The Balaban J connectivity index is 1.52. The molecule has 1 N–H and O–H groups in total. The molecular weight excluding hydrogens is 402 g/mol. The summed E-state index contributed by atoms with van der Waals surface area (Å²) in [6.45, 7) is 4.29. The second kappa shape index (κ2) is 10.4. The van der Waals surface area contributed by atoms with Gasteiger partial charge in [-0.15, -0.1) is 0 Å². The summed E-state index contributed by atoms with van der Waals surface area (Å²) < 4.78 is 6.96. The average Bonchev–Trinajstić information content (AvgIpc) is 3.02. The van der Waals surface area contributed by atoms with Crippen LogP contribution >= 0.6 is 11.6 Å². The first kappa shape index (κ1) is 22.1. The maximum absolute atomic E-state index is 12.6. The summed E-state index contributed by atoms with van der Waals surface area (Å²) in [7, 11) is 0. The third-order valence-electron chi connectivity index (χ3n) is 5.35. The van der Waals surface area contributed by atoms with Crippen LogP contribution in [0.4, 0.5) is 0 Å². The minimum Gasteiger partial charge on any atom is -0.452 e. The lowest BCUT2D eigenvalue weighted by Crippen LogP contribution is -2.30. The molecule has 1 aromatic carbocycles. The number of allylic oxidation sites excluding steroid dienone is 1. The first-order valence-corrected chi connectivity index (χ1v) is 10.7. The van der Waals surface area contributed by atoms with Crippen LogP contribution in [-0.2, 0) is 16.1 Å².